The quantitative estimate of drug-likeness (QED) is 0.867. The molecule has 1 saturated carbocycles. The molecule has 0 atom stereocenters. The van der Waals surface area contributed by atoms with Crippen molar-refractivity contribution in [3.63, 3.8) is 0 Å². The highest BCUT2D eigenvalue weighted by molar-refractivity contribution is 5.98. The van der Waals surface area contributed by atoms with E-state index in [1.54, 1.807) is 0 Å². The molecule has 1 aliphatic heterocycles. The summed E-state index contributed by atoms with van der Waals surface area (Å²) in [6.07, 6.45) is 3.68. The van der Waals surface area contributed by atoms with E-state index < -0.39 is 5.54 Å². The van der Waals surface area contributed by atoms with Crippen molar-refractivity contribution in [1.29, 1.82) is 0 Å². The Hall–Kier alpha value is -1.43. The van der Waals surface area contributed by atoms with Crippen LogP contribution in [0.4, 0.5) is 5.69 Å². The third kappa shape index (κ3) is 4.15. The number of hydrogen-bond acceptors (Lipinski definition) is 4. The number of amides is 1. The molecule has 5 heteroatoms. The van der Waals surface area contributed by atoms with E-state index in [1.807, 2.05) is 12.1 Å². The second-order valence-electron chi connectivity index (χ2n) is 7.22. The van der Waals surface area contributed by atoms with Crippen LogP contribution in [0.15, 0.2) is 24.3 Å². The third-order valence-electron chi connectivity index (χ3n) is 5.48. The van der Waals surface area contributed by atoms with Gasteiger partial charge < -0.3 is 16.0 Å². The van der Waals surface area contributed by atoms with Crippen molar-refractivity contribution in [2.24, 2.45) is 5.73 Å². The zero-order chi connectivity index (χ0) is 17.0. The van der Waals surface area contributed by atoms with Gasteiger partial charge in [0, 0.05) is 38.4 Å². The molecule has 2 aliphatic rings. The number of carbonyl (C=O) groups is 1. The minimum atomic E-state index is -0.669. The maximum Gasteiger partial charge on any atom is 0.244 e. The predicted octanol–water partition coefficient (Wildman–Crippen LogP) is 2.03. The first-order valence-electron chi connectivity index (χ1n) is 9.23. The van der Waals surface area contributed by atoms with Crippen LogP contribution in [0.3, 0.4) is 0 Å². The van der Waals surface area contributed by atoms with E-state index in [1.165, 1.54) is 5.56 Å². The van der Waals surface area contributed by atoms with Crippen molar-refractivity contribution in [3.8, 4) is 0 Å². The lowest BCUT2D eigenvalue weighted by molar-refractivity contribution is -0.121. The first-order chi connectivity index (χ1) is 11.6. The summed E-state index contributed by atoms with van der Waals surface area (Å²) in [5.74, 6) is -0.0385. The molecule has 0 spiro atoms. The van der Waals surface area contributed by atoms with Gasteiger partial charge in [0.2, 0.25) is 5.91 Å². The van der Waals surface area contributed by atoms with E-state index in [2.05, 4.69) is 34.2 Å². The molecule has 1 aromatic carbocycles. The van der Waals surface area contributed by atoms with Crippen LogP contribution in [0, 0.1) is 0 Å². The van der Waals surface area contributed by atoms with Gasteiger partial charge in [-0.2, -0.15) is 0 Å². The van der Waals surface area contributed by atoms with Crippen molar-refractivity contribution < 1.29 is 4.79 Å². The number of piperazine rings is 1. The van der Waals surface area contributed by atoms with Gasteiger partial charge in [-0.1, -0.05) is 31.9 Å². The Labute approximate surface area is 145 Å². The van der Waals surface area contributed by atoms with Gasteiger partial charge in [0.1, 0.15) is 0 Å². The van der Waals surface area contributed by atoms with E-state index in [-0.39, 0.29) is 5.91 Å². The summed E-state index contributed by atoms with van der Waals surface area (Å²) < 4.78 is 0. The summed E-state index contributed by atoms with van der Waals surface area (Å²) >= 11 is 0. The summed E-state index contributed by atoms with van der Waals surface area (Å²) in [4.78, 5) is 17.3. The molecule has 3 rings (SSSR count). The van der Waals surface area contributed by atoms with Crippen molar-refractivity contribution in [3.05, 3.63) is 29.8 Å². The SMILES string of the molecule is CCN1CCN(Cc2ccc(NC(=O)C3(N)CCCC3)cc2)CC1. The number of nitrogens with one attached hydrogen (secondary N) is 1. The molecule has 1 saturated heterocycles. The van der Waals surface area contributed by atoms with Gasteiger partial charge in [-0.05, 0) is 37.1 Å². The molecule has 24 heavy (non-hydrogen) atoms. The van der Waals surface area contributed by atoms with Crippen molar-refractivity contribution >= 4 is 11.6 Å². The average Bonchev–Trinajstić information content (AvgIpc) is 3.05. The Morgan fingerprint density at radius 3 is 2.25 bits per heavy atom. The lowest BCUT2D eigenvalue weighted by Crippen LogP contribution is -2.48. The third-order valence-corrected chi connectivity index (χ3v) is 5.48. The van der Waals surface area contributed by atoms with Crippen molar-refractivity contribution in [2.45, 2.75) is 44.7 Å². The summed E-state index contributed by atoms with van der Waals surface area (Å²) in [5, 5.41) is 2.98. The first kappa shape index (κ1) is 17.4. The van der Waals surface area contributed by atoms with Crippen LogP contribution in [-0.4, -0.2) is 54.0 Å². The molecule has 0 bridgehead atoms. The Balaban J connectivity index is 1.51. The van der Waals surface area contributed by atoms with Crippen LogP contribution in [0.1, 0.15) is 38.2 Å². The molecule has 0 unspecified atom stereocenters. The van der Waals surface area contributed by atoms with Crippen LogP contribution in [0.25, 0.3) is 0 Å². The molecular formula is C19H30N4O. The number of carbonyl (C=O) groups excluding carboxylic acids is 1. The summed E-state index contributed by atoms with van der Waals surface area (Å²) in [6.45, 7) is 8.91. The molecule has 0 aromatic heterocycles. The number of hydrogen-bond donors (Lipinski definition) is 2. The highest BCUT2D eigenvalue weighted by Gasteiger charge is 2.36. The molecule has 2 fully saturated rings. The Bertz CT molecular complexity index is 543. The monoisotopic (exact) mass is 330 g/mol. The van der Waals surface area contributed by atoms with Crippen molar-refractivity contribution in [1.82, 2.24) is 9.80 Å². The van der Waals surface area contributed by atoms with Crippen LogP contribution < -0.4 is 11.1 Å². The predicted molar refractivity (Wildman–Crippen MR) is 97.8 cm³/mol. The van der Waals surface area contributed by atoms with Crippen LogP contribution >= 0.6 is 0 Å². The van der Waals surface area contributed by atoms with E-state index in [0.29, 0.717) is 0 Å². The second kappa shape index (κ2) is 7.64. The highest BCUT2D eigenvalue weighted by atomic mass is 16.2. The second-order valence-corrected chi connectivity index (χ2v) is 7.22. The summed E-state index contributed by atoms with van der Waals surface area (Å²) in [6, 6.07) is 8.21. The number of anilines is 1. The molecule has 1 heterocycles. The Morgan fingerprint density at radius 2 is 1.67 bits per heavy atom. The van der Waals surface area contributed by atoms with Gasteiger partial charge in [0.15, 0.2) is 0 Å². The summed E-state index contributed by atoms with van der Waals surface area (Å²) in [7, 11) is 0. The van der Waals surface area contributed by atoms with Crippen molar-refractivity contribution in [2.75, 3.05) is 38.0 Å². The molecule has 1 amide bonds. The lowest BCUT2D eigenvalue weighted by Gasteiger charge is -2.34. The van der Waals surface area contributed by atoms with Gasteiger partial charge in [0.05, 0.1) is 5.54 Å². The smallest absolute Gasteiger partial charge is 0.244 e. The molecule has 5 nitrogen and oxygen atoms in total. The maximum atomic E-state index is 12.3. The number of nitrogens with two attached hydrogens (primary N) is 1. The molecule has 1 aromatic rings. The standard InChI is InChI=1S/C19H30N4O/c1-2-22-11-13-23(14-12-22)15-16-5-7-17(8-6-16)21-18(24)19(20)9-3-4-10-19/h5-8H,2-4,9-15,20H2,1H3,(H,21,24). The fraction of sp³-hybridized carbons (Fsp3) is 0.632. The fourth-order valence-electron chi connectivity index (χ4n) is 3.70. The van der Waals surface area contributed by atoms with Crippen LogP contribution in [0.5, 0.6) is 0 Å². The van der Waals surface area contributed by atoms with E-state index in [0.717, 1.165) is 70.6 Å². The molecule has 0 radical (unpaired) electrons. The van der Waals surface area contributed by atoms with E-state index in [9.17, 15) is 4.79 Å². The van der Waals surface area contributed by atoms with Crippen LogP contribution in [-0.2, 0) is 11.3 Å². The van der Waals surface area contributed by atoms with Gasteiger partial charge in [-0.25, -0.2) is 0 Å². The van der Waals surface area contributed by atoms with Gasteiger partial charge in [-0.3, -0.25) is 9.69 Å². The number of nitrogens with zero attached hydrogens (tertiary/aromatic N) is 2. The number of rotatable bonds is 5. The van der Waals surface area contributed by atoms with Gasteiger partial charge >= 0.3 is 0 Å². The number of likely N-dealkylation sites (N-methyl/N-ethyl adjacent to an activating group) is 1. The normalized spacial score (nSPS) is 21.8. The van der Waals surface area contributed by atoms with E-state index >= 15 is 0 Å². The zero-order valence-corrected chi connectivity index (χ0v) is 14.8. The largest absolute Gasteiger partial charge is 0.324 e. The fourth-order valence-corrected chi connectivity index (χ4v) is 3.70. The molecular weight excluding hydrogens is 300 g/mol. The van der Waals surface area contributed by atoms with Gasteiger partial charge in [-0.15, -0.1) is 0 Å². The number of benzene rings is 1. The minimum absolute atomic E-state index is 0.0385. The lowest BCUT2D eigenvalue weighted by atomic mass is 9.98. The molecule has 132 valence electrons. The molecule has 3 N–H and O–H groups in total. The Morgan fingerprint density at radius 1 is 1.08 bits per heavy atom. The topological polar surface area (TPSA) is 61.6 Å². The average molecular weight is 330 g/mol. The minimum Gasteiger partial charge on any atom is -0.324 e. The van der Waals surface area contributed by atoms with E-state index in [4.69, 9.17) is 5.73 Å². The first-order valence-corrected chi connectivity index (χ1v) is 9.23. The molecule has 1 aliphatic carbocycles. The maximum absolute atomic E-state index is 12.3. The zero-order valence-electron chi connectivity index (χ0n) is 14.8. The van der Waals surface area contributed by atoms with Crippen LogP contribution in [0.2, 0.25) is 0 Å². The Kier molecular flexibility index (Phi) is 5.54. The highest BCUT2D eigenvalue weighted by Crippen LogP contribution is 2.28. The van der Waals surface area contributed by atoms with Gasteiger partial charge in [0.25, 0.3) is 0 Å². The summed E-state index contributed by atoms with van der Waals surface area (Å²) in [5.41, 5.74) is 7.67.